The van der Waals surface area contributed by atoms with Crippen molar-refractivity contribution in [2.45, 2.75) is 13.0 Å². The van der Waals surface area contributed by atoms with Crippen LogP contribution in [-0.2, 0) is 16.6 Å². The van der Waals surface area contributed by atoms with Gasteiger partial charge in [-0.1, -0.05) is 35.3 Å². The number of ketones is 1. The summed E-state index contributed by atoms with van der Waals surface area (Å²) >= 11 is 11.9. The van der Waals surface area contributed by atoms with Crippen molar-refractivity contribution < 1.29 is 14.7 Å². The first-order valence-electron chi connectivity index (χ1n) is 7.61. The summed E-state index contributed by atoms with van der Waals surface area (Å²) in [7, 11) is 1.49. The average Bonchev–Trinajstić information content (AvgIpc) is 2.83. The lowest BCUT2D eigenvalue weighted by molar-refractivity contribution is -0.117. The second kappa shape index (κ2) is 6.63. The van der Waals surface area contributed by atoms with E-state index in [2.05, 4.69) is 0 Å². The minimum Gasteiger partial charge on any atom is -0.512 e. The van der Waals surface area contributed by atoms with Crippen molar-refractivity contribution in [2.24, 2.45) is 7.05 Å². The second-order valence-electron chi connectivity index (χ2n) is 5.92. The number of nitrogens with zero attached hydrogens (tertiary/aromatic N) is 2. The van der Waals surface area contributed by atoms with Crippen LogP contribution in [0.25, 0.3) is 0 Å². The van der Waals surface area contributed by atoms with Crippen molar-refractivity contribution in [3.63, 3.8) is 0 Å². The normalized spacial score (nSPS) is 19.2. The lowest BCUT2D eigenvalue weighted by Crippen LogP contribution is -2.30. The Morgan fingerprint density at radius 1 is 1.12 bits per heavy atom. The molecule has 0 saturated carbocycles. The Hall–Kier alpha value is -2.57. The molecule has 1 unspecified atom stereocenters. The van der Waals surface area contributed by atoms with Crippen LogP contribution in [0.4, 0.5) is 5.69 Å². The molecule has 1 aromatic heterocycles. The van der Waals surface area contributed by atoms with Crippen LogP contribution in [0.3, 0.4) is 0 Å². The van der Waals surface area contributed by atoms with E-state index in [1.165, 1.54) is 35.7 Å². The molecular formula is C18H14Cl2N2O4. The molecule has 3 rings (SSSR count). The molecule has 2 heterocycles. The number of rotatable bonds is 2. The third-order valence-electron chi connectivity index (χ3n) is 4.14. The summed E-state index contributed by atoms with van der Waals surface area (Å²) in [4.78, 5) is 38.7. The smallest absolute Gasteiger partial charge is 0.269 e. The molecule has 1 saturated heterocycles. The van der Waals surface area contributed by atoms with Gasteiger partial charge < -0.3 is 9.67 Å². The summed E-state index contributed by atoms with van der Waals surface area (Å²) in [6, 6.07) is 6.80. The number of carbonyl (C=O) groups excluding carboxylic acids is 2. The zero-order valence-corrected chi connectivity index (χ0v) is 15.4. The van der Waals surface area contributed by atoms with E-state index in [0.717, 1.165) is 0 Å². The molecule has 0 bridgehead atoms. The highest BCUT2D eigenvalue weighted by molar-refractivity contribution is 6.34. The Morgan fingerprint density at radius 2 is 1.73 bits per heavy atom. The van der Waals surface area contributed by atoms with Gasteiger partial charge in [0, 0.05) is 18.3 Å². The van der Waals surface area contributed by atoms with E-state index >= 15 is 0 Å². The number of aliphatic hydroxyl groups is 1. The van der Waals surface area contributed by atoms with Gasteiger partial charge >= 0.3 is 0 Å². The molecule has 1 N–H and O–H groups in total. The van der Waals surface area contributed by atoms with Gasteiger partial charge in [-0.25, -0.2) is 0 Å². The first-order valence-corrected chi connectivity index (χ1v) is 8.37. The van der Waals surface area contributed by atoms with E-state index in [4.69, 9.17) is 23.2 Å². The zero-order valence-electron chi connectivity index (χ0n) is 13.9. The van der Waals surface area contributed by atoms with Crippen molar-refractivity contribution in [3.05, 3.63) is 73.8 Å². The molecule has 8 heteroatoms. The maximum absolute atomic E-state index is 12.8. The standard InChI is InChI=1S/C18H14Cl2N2O4/c1-9(23)14-16(24)15(10-3-5-11(19)6-4-10)22(18(14)26)12-7-13(20)17(25)21(2)8-12/h3-8,15,23H,1-2H3/b14-9+. The monoisotopic (exact) mass is 392 g/mol. The summed E-state index contributed by atoms with van der Waals surface area (Å²) in [6.45, 7) is 1.28. The van der Waals surface area contributed by atoms with Crippen molar-refractivity contribution in [3.8, 4) is 0 Å². The van der Waals surface area contributed by atoms with Gasteiger partial charge in [-0.05, 0) is 30.7 Å². The predicted octanol–water partition coefficient (Wildman–Crippen LogP) is 3.18. The molecule has 6 nitrogen and oxygen atoms in total. The van der Waals surface area contributed by atoms with Crippen LogP contribution in [0.5, 0.6) is 0 Å². The predicted molar refractivity (Wildman–Crippen MR) is 98.7 cm³/mol. The summed E-state index contributed by atoms with van der Waals surface area (Å²) in [6.07, 6.45) is 1.41. The summed E-state index contributed by atoms with van der Waals surface area (Å²) in [5.41, 5.74) is 0.0705. The number of hydrogen-bond donors (Lipinski definition) is 1. The SMILES string of the molecule is C/C(O)=C1/C(=O)C(c2ccc(Cl)cc2)N(c2cc(Cl)c(=O)n(C)c2)C1=O. The third-order valence-corrected chi connectivity index (χ3v) is 4.66. The van der Waals surface area contributed by atoms with Gasteiger partial charge in [0.1, 0.15) is 22.4 Å². The van der Waals surface area contributed by atoms with E-state index in [9.17, 15) is 19.5 Å². The summed E-state index contributed by atoms with van der Waals surface area (Å²) < 4.78 is 1.22. The lowest BCUT2D eigenvalue weighted by Gasteiger charge is -2.24. The Morgan fingerprint density at radius 3 is 2.27 bits per heavy atom. The number of allylic oxidation sites excluding steroid dienone is 1. The molecule has 0 radical (unpaired) electrons. The number of carbonyl (C=O) groups is 2. The van der Waals surface area contributed by atoms with Crippen molar-refractivity contribution >= 4 is 40.6 Å². The fraction of sp³-hybridized carbons (Fsp3) is 0.167. The number of aliphatic hydroxyl groups excluding tert-OH is 1. The molecule has 1 aromatic carbocycles. The van der Waals surface area contributed by atoms with Gasteiger partial charge in [0.25, 0.3) is 11.5 Å². The van der Waals surface area contributed by atoms with Crippen LogP contribution in [0, 0.1) is 0 Å². The average molecular weight is 393 g/mol. The Bertz CT molecular complexity index is 979. The van der Waals surface area contributed by atoms with Crippen LogP contribution in [0.2, 0.25) is 10.0 Å². The molecule has 134 valence electrons. The van der Waals surface area contributed by atoms with Crippen LogP contribution in [0.1, 0.15) is 18.5 Å². The van der Waals surface area contributed by atoms with Crippen LogP contribution in [-0.4, -0.2) is 21.4 Å². The van der Waals surface area contributed by atoms with Crippen molar-refractivity contribution in [1.29, 1.82) is 0 Å². The van der Waals surface area contributed by atoms with E-state index in [1.807, 2.05) is 0 Å². The van der Waals surface area contributed by atoms with Gasteiger partial charge in [-0.2, -0.15) is 0 Å². The fourth-order valence-electron chi connectivity index (χ4n) is 2.93. The Balaban J connectivity index is 2.24. The van der Waals surface area contributed by atoms with E-state index in [-0.39, 0.29) is 22.0 Å². The first kappa shape index (κ1) is 18.2. The van der Waals surface area contributed by atoms with E-state index in [1.54, 1.807) is 24.3 Å². The third kappa shape index (κ3) is 2.91. The number of halogens is 2. The van der Waals surface area contributed by atoms with Crippen LogP contribution < -0.4 is 10.5 Å². The topological polar surface area (TPSA) is 79.6 Å². The highest BCUT2D eigenvalue weighted by Crippen LogP contribution is 2.38. The Kier molecular flexibility index (Phi) is 4.64. The minimum absolute atomic E-state index is 0.0849. The number of aryl methyl sites for hydroxylation is 1. The van der Waals surface area contributed by atoms with Crippen LogP contribution in [0.15, 0.2) is 52.7 Å². The van der Waals surface area contributed by atoms with E-state index in [0.29, 0.717) is 10.6 Å². The number of pyridine rings is 1. The van der Waals surface area contributed by atoms with Gasteiger partial charge in [-0.15, -0.1) is 0 Å². The molecular weight excluding hydrogens is 379 g/mol. The zero-order chi connectivity index (χ0) is 19.2. The minimum atomic E-state index is -0.995. The molecule has 0 aliphatic carbocycles. The fourth-order valence-corrected chi connectivity index (χ4v) is 3.30. The number of aromatic nitrogens is 1. The molecule has 1 amide bonds. The maximum atomic E-state index is 12.8. The maximum Gasteiger partial charge on any atom is 0.269 e. The number of benzene rings is 1. The number of hydrogen-bond acceptors (Lipinski definition) is 4. The molecule has 0 spiro atoms. The van der Waals surface area contributed by atoms with Gasteiger partial charge in [-0.3, -0.25) is 19.3 Å². The number of Topliss-reactive ketones (excluding diaryl/α,β-unsaturated/α-hetero) is 1. The lowest BCUT2D eigenvalue weighted by atomic mass is 10.0. The van der Waals surface area contributed by atoms with Crippen molar-refractivity contribution in [1.82, 2.24) is 4.57 Å². The van der Waals surface area contributed by atoms with Gasteiger partial charge in [0.2, 0.25) is 0 Å². The number of anilines is 1. The molecule has 1 atom stereocenters. The van der Waals surface area contributed by atoms with E-state index < -0.39 is 23.3 Å². The molecule has 1 aliphatic heterocycles. The largest absolute Gasteiger partial charge is 0.512 e. The summed E-state index contributed by atoms with van der Waals surface area (Å²) in [5.74, 6) is -1.57. The second-order valence-corrected chi connectivity index (χ2v) is 6.76. The molecule has 1 aliphatic rings. The highest BCUT2D eigenvalue weighted by atomic mass is 35.5. The Labute approximate surface area is 158 Å². The van der Waals surface area contributed by atoms with Crippen LogP contribution >= 0.6 is 23.2 Å². The number of amides is 1. The molecule has 1 fully saturated rings. The molecule has 2 aromatic rings. The first-order chi connectivity index (χ1) is 12.2. The van der Waals surface area contributed by atoms with Gasteiger partial charge in [0.05, 0.1) is 5.69 Å². The summed E-state index contributed by atoms with van der Waals surface area (Å²) in [5, 5.41) is 10.2. The van der Waals surface area contributed by atoms with Crippen molar-refractivity contribution in [2.75, 3.05) is 4.90 Å². The van der Waals surface area contributed by atoms with Gasteiger partial charge in [0.15, 0.2) is 5.78 Å². The quantitative estimate of drug-likeness (QED) is 0.483. The molecule has 26 heavy (non-hydrogen) atoms. The highest BCUT2D eigenvalue weighted by Gasteiger charge is 2.46.